The van der Waals surface area contributed by atoms with Crippen molar-refractivity contribution in [2.75, 3.05) is 0 Å². The van der Waals surface area contributed by atoms with Crippen molar-refractivity contribution in [2.24, 2.45) is 0 Å². The van der Waals surface area contributed by atoms with E-state index in [0.29, 0.717) is 16.7 Å². The molecule has 82 valence electrons. The topological polar surface area (TPSA) is 26.3 Å². The number of ether oxygens (including phenoxy) is 1. The van der Waals surface area contributed by atoms with Crippen molar-refractivity contribution >= 4 is 27.0 Å². The Morgan fingerprint density at radius 3 is 2.60 bits per heavy atom. The van der Waals surface area contributed by atoms with Crippen LogP contribution in [0.4, 0.5) is 4.79 Å². The fraction of sp³-hybridized carbons (Fsp3) is 0.364. The van der Waals surface area contributed by atoms with Gasteiger partial charge in [0.15, 0.2) is 0 Å². The minimum Gasteiger partial charge on any atom is -0.418 e. The molecule has 0 saturated heterocycles. The zero-order valence-electron chi connectivity index (χ0n) is 8.91. The maximum atomic E-state index is 11.0. The lowest BCUT2D eigenvalue weighted by Crippen LogP contribution is -2.11. The van der Waals surface area contributed by atoms with Crippen LogP contribution in [-0.4, -0.2) is 5.30 Å². The van der Waals surface area contributed by atoms with Gasteiger partial charge in [0, 0.05) is 0 Å². The largest absolute Gasteiger partial charge is 0.418 e. The van der Waals surface area contributed by atoms with Crippen molar-refractivity contribution in [1.82, 2.24) is 0 Å². The number of benzene rings is 1. The molecule has 0 fully saturated rings. The van der Waals surface area contributed by atoms with Gasteiger partial charge >= 0.3 is 5.30 Å². The summed E-state index contributed by atoms with van der Waals surface area (Å²) in [5, 5.41) is -0.511. The normalized spacial score (nSPS) is 11.2. The average Bonchev–Trinajstić information content (AvgIpc) is 2.17. The molecular weight excluding hydrogens is 232 g/mol. The van der Waals surface area contributed by atoms with Crippen LogP contribution in [0.1, 0.15) is 26.3 Å². The third-order valence-electron chi connectivity index (χ3n) is 1.96. The lowest BCUT2D eigenvalue weighted by molar-refractivity contribution is 0.227. The molecule has 0 aliphatic heterocycles. The predicted molar refractivity (Wildman–Crippen MR) is 64.6 cm³/mol. The van der Waals surface area contributed by atoms with Gasteiger partial charge in [0.1, 0.15) is 5.75 Å². The number of rotatable bonds is 1. The van der Waals surface area contributed by atoms with Gasteiger partial charge in [-0.2, -0.15) is 0 Å². The summed E-state index contributed by atoms with van der Waals surface area (Å²) in [7, 11) is 5.82. The molecule has 0 radical (unpaired) electrons. The fourth-order valence-electron chi connectivity index (χ4n) is 1.14. The van der Waals surface area contributed by atoms with Crippen LogP contribution in [0.15, 0.2) is 24.3 Å². The van der Waals surface area contributed by atoms with Crippen LogP contribution < -0.4 is 4.74 Å². The van der Waals surface area contributed by atoms with Crippen molar-refractivity contribution in [3.63, 3.8) is 0 Å². The van der Waals surface area contributed by atoms with Gasteiger partial charge in [-0.1, -0.05) is 32.9 Å². The van der Waals surface area contributed by atoms with Gasteiger partial charge in [-0.3, -0.25) is 0 Å². The molecule has 0 atom stereocenters. The van der Waals surface area contributed by atoms with Crippen LogP contribution >= 0.6 is 21.7 Å². The average molecular weight is 245 g/mol. The Labute approximate surface area is 98.5 Å². The molecule has 15 heavy (non-hydrogen) atoms. The van der Waals surface area contributed by atoms with E-state index in [-0.39, 0.29) is 5.41 Å². The highest BCUT2D eigenvalue weighted by molar-refractivity contribution is 8.32. The first kappa shape index (κ1) is 12.4. The maximum absolute atomic E-state index is 11.0. The second-order valence-electron chi connectivity index (χ2n) is 4.21. The quantitative estimate of drug-likeness (QED) is 0.687. The van der Waals surface area contributed by atoms with Gasteiger partial charge in [0.25, 0.3) is 0 Å². The molecule has 1 aromatic carbocycles. The standard InChI is InChI=1S/C11H13ClO2S/c1-11(2,3)8-5-4-6-9(7-8)14-10(13)15-12/h4-7H,1-3H3. The molecule has 4 heteroatoms. The zero-order valence-corrected chi connectivity index (χ0v) is 10.5. The van der Waals surface area contributed by atoms with Gasteiger partial charge in [-0.25, -0.2) is 4.79 Å². The summed E-state index contributed by atoms with van der Waals surface area (Å²) in [6.45, 7) is 6.30. The minimum absolute atomic E-state index is 0.0382. The smallest absolute Gasteiger partial charge is 0.388 e. The Morgan fingerprint density at radius 1 is 1.40 bits per heavy atom. The molecule has 0 unspecified atom stereocenters. The van der Waals surface area contributed by atoms with E-state index in [1.807, 2.05) is 18.2 Å². The summed E-state index contributed by atoms with van der Waals surface area (Å²) in [5.41, 5.74) is 1.16. The first-order valence-corrected chi connectivity index (χ1v) is 6.18. The molecule has 0 saturated carbocycles. The molecule has 0 bridgehead atoms. The fourth-order valence-corrected chi connectivity index (χ4v) is 1.36. The van der Waals surface area contributed by atoms with Crippen molar-refractivity contribution in [1.29, 1.82) is 0 Å². The van der Waals surface area contributed by atoms with Crippen LogP contribution in [-0.2, 0) is 5.41 Å². The number of hydrogen-bond acceptors (Lipinski definition) is 3. The van der Waals surface area contributed by atoms with E-state index < -0.39 is 5.30 Å². The molecule has 0 aromatic heterocycles. The molecule has 0 spiro atoms. The third-order valence-corrected chi connectivity index (χ3v) is 2.55. The van der Waals surface area contributed by atoms with Crippen LogP contribution in [0.3, 0.4) is 0 Å². The second-order valence-corrected chi connectivity index (χ2v) is 5.16. The van der Waals surface area contributed by atoms with Gasteiger partial charge in [0.05, 0.1) is 11.0 Å². The van der Waals surface area contributed by atoms with Gasteiger partial charge in [0.2, 0.25) is 0 Å². The SMILES string of the molecule is CC(C)(C)c1cccc(OC(=O)SCl)c1. The molecule has 1 rings (SSSR count). The summed E-state index contributed by atoms with van der Waals surface area (Å²) in [6.07, 6.45) is 0. The molecule has 0 aliphatic carbocycles. The summed E-state index contributed by atoms with van der Waals surface area (Å²) < 4.78 is 4.99. The zero-order chi connectivity index (χ0) is 11.5. The highest BCUT2D eigenvalue weighted by Gasteiger charge is 2.14. The summed E-state index contributed by atoms with van der Waals surface area (Å²) >= 11 is 0. The Balaban J connectivity index is 2.88. The van der Waals surface area contributed by atoms with Crippen molar-refractivity contribution in [2.45, 2.75) is 26.2 Å². The van der Waals surface area contributed by atoms with E-state index in [9.17, 15) is 4.79 Å². The molecule has 0 heterocycles. The first-order valence-electron chi connectivity index (χ1n) is 4.54. The van der Waals surface area contributed by atoms with Gasteiger partial charge < -0.3 is 4.74 Å². The van der Waals surface area contributed by atoms with Gasteiger partial charge in [-0.15, -0.1) is 0 Å². The summed E-state index contributed by atoms with van der Waals surface area (Å²) in [4.78, 5) is 11.0. The molecular formula is C11H13ClO2S. The Kier molecular flexibility index (Phi) is 4.05. The van der Waals surface area contributed by atoms with Crippen molar-refractivity contribution < 1.29 is 9.53 Å². The number of carbonyl (C=O) groups excluding carboxylic acids is 1. The number of hydrogen-bond donors (Lipinski definition) is 0. The van der Waals surface area contributed by atoms with Crippen molar-refractivity contribution in [3.8, 4) is 5.75 Å². The maximum Gasteiger partial charge on any atom is 0.388 e. The summed E-state index contributed by atoms with van der Waals surface area (Å²) in [5.74, 6) is 0.528. The van der Waals surface area contributed by atoms with Crippen LogP contribution in [0.5, 0.6) is 5.75 Å². The molecule has 1 aromatic rings. The van der Waals surface area contributed by atoms with E-state index >= 15 is 0 Å². The van der Waals surface area contributed by atoms with E-state index in [2.05, 4.69) is 20.8 Å². The van der Waals surface area contributed by atoms with Crippen molar-refractivity contribution in [3.05, 3.63) is 29.8 Å². The van der Waals surface area contributed by atoms with E-state index in [0.717, 1.165) is 5.56 Å². The minimum atomic E-state index is -0.511. The molecule has 0 amide bonds. The van der Waals surface area contributed by atoms with E-state index in [1.54, 1.807) is 6.07 Å². The third kappa shape index (κ3) is 3.76. The summed E-state index contributed by atoms with van der Waals surface area (Å²) in [6, 6.07) is 7.46. The second kappa shape index (κ2) is 4.90. The van der Waals surface area contributed by atoms with Crippen LogP contribution in [0.2, 0.25) is 0 Å². The monoisotopic (exact) mass is 244 g/mol. The highest BCUT2D eigenvalue weighted by Crippen LogP contribution is 2.26. The Hall–Kier alpha value is -0.670. The van der Waals surface area contributed by atoms with E-state index in [4.69, 9.17) is 15.4 Å². The van der Waals surface area contributed by atoms with Crippen LogP contribution in [0.25, 0.3) is 0 Å². The Morgan fingerprint density at radius 2 is 2.07 bits per heavy atom. The van der Waals surface area contributed by atoms with Gasteiger partial charge in [-0.05, 0) is 33.8 Å². The first-order chi connectivity index (χ1) is 6.93. The molecule has 2 nitrogen and oxygen atoms in total. The number of halogens is 1. The van der Waals surface area contributed by atoms with Crippen LogP contribution in [0, 0.1) is 0 Å². The molecule has 0 aliphatic rings. The van der Waals surface area contributed by atoms with E-state index in [1.165, 1.54) is 0 Å². The lowest BCUT2D eigenvalue weighted by atomic mass is 9.87. The lowest BCUT2D eigenvalue weighted by Gasteiger charge is -2.19. The highest BCUT2D eigenvalue weighted by atomic mass is 35.7. The predicted octanol–water partition coefficient (Wildman–Crippen LogP) is 4.37. The Bertz CT molecular complexity index is 358. The number of carbonyl (C=O) groups is 1. The molecule has 0 N–H and O–H groups in total.